The predicted molar refractivity (Wildman–Crippen MR) is 63.6 cm³/mol. The minimum absolute atomic E-state index is 0.485. The summed E-state index contributed by atoms with van der Waals surface area (Å²) in [6, 6.07) is 10.5. The molecule has 0 bridgehead atoms. The molecule has 2 fully saturated rings. The van der Waals surface area contributed by atoms with Gasteiger partial charge in [-0.25, -0.2) is 0 Å². The highest BCUT2D eigenvalue weighted by molar-refractivity contribution is 5.53. The van der Waals surface area contributed by atoms with Crippen molar-refractivity contribution in [3.8, 4) is 0 Å². The number of rotatable bonds is 3. The summed E-state index contributed by atoms with van der Waals surface area (Å²) in [4.78, 5) is 15.0. The van der Waals surface area contributed by atoms with Crippen molar-refractivity contribution in [2.45, 2.75) is 0 Å². The maximum Gasteiger partial charge on any atom is 0.133 e. The Hall–Kier alpha value is -1.35. The first kappa shape index (κ1) is 9.85. The Morgan fingerprint density at radius 1 is 1.12 bits per heavy atom. The van der Waals surface area contributed by atoms with E-state index in [2.05, 4.69) is 34.1 Å². The van der Waals surface area contributed by atoms with Crippen molar-refractivity contribution in [2.24, 2.45) is 5.41 Å². The zero-order valence-corrected chi connectivity index (χ0v) is 9.30. The molecule has 0 unspecified atom stereocenters. The smallest absolute Gasteiger partial charge is 0.133 e. The molecule has 0 amide bonds. The zero-order chi connectivity index (χ0) is 11.0. The van der Waals surface area contributed by atoms with Gasteiger partial charge in [0.15, 0.2) is 0 Å². The Kier molecular flexibility index (Phi) is 2.21. The summed E-state index contributed by atoms with van der Waals surface area (Å²) >= 11 is 0. The van der Waals surface area contributed by atoms with Crippen LogP contribution in [0.3, 0.4) is 0 Å². The van der Waals surface area contributed by atoms with Gasteiger partial charge in [-0.05, 0) is 12.1 Å². The molecule has 3 heteroatoms. The molecule has 1 aromatic rings. The molecular weight excluding hydrogens is 200 g/mol. The van der Waals surface area contributed by atoms with Crippen molar-refractivity contribution in [3.05, 3.63) is 30.3 Å². The summed E-state index contributed by atoms with van der Waals surface area (Å²) in [5.41, 5.74) is 1.81. The van der Waals surface area contributed by atoms with Crippen LogP contribution < -0.4 is 4.90 Å². The number of anilines is 1. The Bertz CT molecular complexity index is 376. The van der Waals surface area contributed by atoms with Crippen molar-refractivity contribution in [1.29, 1.82) is 0 Å². The first-order chi connectivity index (χ1) is 7.81. The van der Waals surface area contributed by atoms with Gasteiger partial charge in [-0.2, -0.15) is 0 Å². The van der Waals surface area contributed by atoms with E-state index in [-0.39, 0.29) is 0 Å². The van der Waals surface area contributed by atoms with Gasteiger partial charge in [-0.15, -0.1) is 0 Å². The minimum Gasteiger partial charge on any atom is -0.370 e. The van der Waals surface area contributed by atoms with Crippen LogP contribution in [0.15, 0.2) is 30.3 Å². The van der Waals surface area contributed by atoms with Crippen molar-refractivity contribution in [1.82, 2.24) is 4.90 Å². The second-order valence-electron chi connectivity index (χ2n) is 5.03. The van der Waals surface area contributed by atoms with E-state index in [1.54, 1.807) is 0 Å². The summed E-state index contributed by atoms with van der Waals surface area (Å²) in [7, 11) is 0. The van der Waals surface area contributed by atoms with Crippen LogP contribution in [0.5, 0.6) is 0 Å². The van der Waals surface area contributed by atoms with Crippen LogP contribution in [-0.4, -0.2) is 43.9 Å². The number of carbonyl (C=O) groups excluding carboxylic acids is 1. The second-order valence-corrected chi connectivity index (χ2v) is 5.03. The molecule has 0 saturated carbocycles. The predicted octanol–water partition coefficient (Wildman–Crippen LogP) is 1.01. The lowest BCUT2D eigenvalue weighted by Gasteiger charge is -2.60. The molecule has 0 radical (unpaired) electrons. The van der Waals surface area contributed by atoms with Gasteiger partial charge in [0.05, 0.1) is 6.54 Å². The van der Waals surface area contributed by atoms with Crippen molar-refractivity contribution in [3.63, 3.8) is 0 Å². The number of likely N-dealkylation sites (tertiary alicyclic amines) is 1. The molecule has 84 valence electrons. The maximum atomic E-state index is 10.4. The van der Waals surface area contributed by atoms with Gasteiger partial charge in [0.25, 0.3) is 0 Å². The van der Waals surface area contributed by atoms with E-state index in [1.165, 1.54) is 5.69 Å². The Morgan fingerprint density at radius 2 is 1.81 bits per heavy atom. The van der Waals surface area contributed by atoms with E-state index in [4.69, 9.17) is 0 Å². The lowest BCUT2D eigenvalue weighted by atomic mass is 9.72. The van der Waals surface area contributed by atoms with Crippen LogP contribution in [-0.2, 0) is 4.79 Å². The highest BCUT2D eigenvalue weighted by atomic mass is 16.1. The van der Waals surface area contributed by atoms with Gasteiger partial charge in [0.2, 0.25) is 0 Å². The van der Waals surface area contributed by atoms with Gasteiger partial charge < -0.3 is 9.69 Å². The molecular formula is C13H16N2O. The quantitative estimate of drug-likeness (QED) is 0.704. The van der Waals surface area contributed by atoms with E-state index in [9.17, 15) is 4.79 Å². The van der Waals surface area contributed by atoms with Crippen molar-refractivity contribution in [2.75, 3.05) is 37.6 Å². The van der Waals surface area contributed by atoms with Crippen molar-refractivity contribution < 1.29 is 4.79 Å². The van der Waals surface area contributed by atoms with Crippen LogP contribution in [0.25, 0.3) is 0 Å². The molecule has 0 aliphatic carbocycles. The third-order valence-corrected chi connectivity index (χ3v) is 3.62. The van der Waals surface area contributed by atoms with E-state index in [1.807, 2.05) is 6.07 Å². The van der Waals surface area contributed by atoms with Gasteiger partial charge in [-0.3, -0.25) is 4.90 Å². The molecule has 3 nitrogen and oxygen atoms in total. The molecule has 0 N–H and O–H groups in total. The fourth-order valence-electron chi connectivity index (χ4n) is 2.92. The van der Waals surface area contributed by atoms with Gasteiger partial charge >= 0.3 is 0 Å². The molecule has 1 spiro atoms. The van der Waals surface area contributed by atoms with Crippen LogP contribution in [0, 0.1) is 5.41 Å². The molecule has 2 aliphatic rings. The largest absolute Gasteiger partial charge is 0.370 e. The fourth-order valence-corrected chi connectivity index (χ4v) is 2.92. The third-order valence-electron chi connectivity index (χ3n) is 3.62. The Balaban J connectivity index is 1.55. The fraction of sp³-hybridized carbons (Fsp3) is 0.462. The van der Waals surface area contributed by atoms with Gasteiger partial charge in [0.1, 0.15) is 6.29 Å². The highest BCUT2D eigenvalue weighted by Gasteiger charge is 2.51. The number of hydrogen-bond donors (Lipinski definition) is 0. The molecule has 3 rings (SSSR count). The summed E-state index contributed by atoms with van der Waals surface area (Å²) in [5.74, 6) is 0. The third kappa shape index (κ3) is 1.52. The van der Waals surface area contributed by atoms with Gasteiger partial charge in [0, 0.05) is 37.3 Å². The number of para-hydroxylation sites is 1. The first-order valence-electron chi connectivity index (χ1n) is 5.77. The van der Waals surface area contributed by atoms with Crippen molar-refractivity contribution >= 4 is 12.0 Å². The number of benzene rings is 1. The van der Waals surface area contributed by atoms with Crippen LogP contribution in [0.1, 0.15) is 0 Å². The standard InChI is InChI=1S/C13H16N2O/c16-7-6-14-8-13(9-14)10-15(11-13)12-4-2-1-3-5-12/h1-5,7H,6,8-11H2. The summed E-state index contributed by atoms with van der Waals surface area (Å²) in [6.07, 6.45) is 1.00. The topological polar surface area (TPSA) is 23.6 Å². The lowest BCUT2D eigenvalue weighted by Crippen LogP contribution is -2.72. The zero-order valence-electron chi connectivity index (χ0n) is 9.30. The van der Waals surface area contributed by atoms with Crippen LogP contribution in [0.4, 0.5) is 5.69 Å². The highest BCUT2D eigenvalue weighted by Crippen LogP contribution is 2.41. The average molecular weight is 216 g/mol. The van der Waals surface area contributed by atoms with E-state index >= 15 is 0 Å². The number of hydrogen-bond acceptors (Lipinski definition) is 3. The first-order valence-corrected chi connectivity index (χ1v) is 5.77. The van der Waals surface area contributed by atoms with E-state index in [0.717, 1.165) is 32.5 Å². The van der Waals surface area contributed by atoms with E-state index < -0.39 is 0 Å². The normalized spacial score (nSPS) is 22.6. The molecule has 16 heavy (non-hydrogen) atoms. The molecule has 2 aliphatic heterocycles. The molecule has 0 atom stereocenters. The summed E-state index contributed by atoms with van der Waals surface area (Å²) in [5, 5.41) is 0. The van der Waals surface area contributed by atoms with E-state index in [0.29, 0.717) is 12.0 Å². The minimum atomic E-state index is 0.485. The van der Waals surface area contributed by atoms with Gasteiger partial charge in [-0.1, -0.05) is 18.2 Å². The number of aldehydes is 1. The number of nitrogens with zero attached hydrogens (tertiary/aromatic N) is 2. The molecule has 0 aromatic heterocycles. The summed E-state index contributed by atoms with van der Waals surface area (Å²) in [6.45, 7) is 5.08. The molecule has 2 heterocycles. The van der Waals surface area contributed by atoms with Crippen LogP contribution in [0.2, 0.25) is 0 Å². The SMILES string of the molecule is O=CCN1CC2(C1)CN(c1ccccc1)C2. The number of carbonyl (C=O) groups is 1. The van der Waals surface area contributed by atoms with Crippen LogP contribution >= 0.6 is 0 Å². The summed E-state index contributed by atoms with van der Waals surface area (Å²) < 4.78 is 0. The molecule has 1 aromatic carbocycles. The Morgan fingerprint density at radius 3 is 2.44 bits per heavy atom. The lowest BCUT2D eigenvalue weighted by molar-refractivity contribution is -0.112. The average Bonchev–Trinajstić information content (AvgIpc) is 2.21. The maximum absolute atomic E-state index is 10.4. The Labute approximate surface area is 95.7 Å². The monoisotopic (exact) mass is 216 g/mol. The second kappa shape index (κ2) is 3.59. The molecule has 2 saturated heterocycles.